The fourth-order valence-electron chi connectivity index (χ4n) is 1.07. The molecule has 0 aliphatic heterocycles. The van der Waals surface area contributed by atoms with Crippen LogP contribution in [-0.4, -0.2) is 26.8 Å². The molecule has 1 aromatic carbocycles. The smallest absolute Gasteiger partial charge is 0.200 e. The van der Waals surface area contributed by atoms with Crippen LogP contribution in [0.4, 0.5) is 8.78 Å². The Morgan fingerprint density at radius 2 is 1.87 bits per heavy atom. The zero-order valence-electron chi connectivity index (χ0n) is 7.49. The van der Waals surface area contributed by atoms with Gasteiger partial charge in [-0.05, 0) is 17.7 Å². The number of phenols is 1. The monoisotopic (exact) mass is 282 g/mol. The third kappa shape index (κ3) is 2.64. The van der Waals surface area contributed by atoms with E-state index in [4.69, 9.17) is 5.11 Å². The lowest BCUT2D eigenvalue weighted by Gasteiger charge is -2.16. The van der Waals surface area contributed by atoms with Gasteiger partial charge in [0.2, 0.25) is 0 Å². The van der Waals surface area contributed by atoms with Gasteiger partial charge in [-0.15, -0.1) is 0 Å². The number of benzene rings is 1. The summed E-state index contributed by atoms with van der Waals surface area (Å²) in [6.45, 7) is 0. The van der Waals surface area contributed by atoms with Crippen LogP contribution < -0.4 is 0 Å². The van der Waals surface area contributed by atoms with Gasteiger partial charge in [-0.2, -0.15) is 4.39 Å². The van der Waals surface area contributed by atoms with Crippen molar-refractivity contribution >= 4 is 15.9 Å². The van der Waals surface area contributed by atoms with Gasteiger partial charge in [0, 0.05) is 5.33 Å². The van der Waals surface area contributed by atoms with E-state index in [2.05, 4.69) is 15.9 Å². The summed E-state index contributed by atoms with van der Waals surface area (Å²) >= 11 is 2.92. The van der Waals surface area contributed by atoms with Crippen molar-refractivity contribution < 1.29 is 24.1 Å². The normalized spacial score (nSPS) is 15.0. The fourth-order valence-corrected chi connectivity index (χ4v) is 1.43. The topological polar surface area (TPSA) is 60.7 Å². The van der Waals surface area contributed by atoms with Gasteiger partial charge in [-0.1, -0.05) is 15.9 Å². The van der Waals surface area contributed by atoms with Crippen molar-refractivity contribution in [2.45, 2.75) is 12.2 Å². The molecule has 3 N–H and O–H groups in total. The van der Waals surface area contributed by atoms with Crippen LogP contribution in [0.2, 0.25) is 0 Å². The maximum Gasteiger partial charge on any atom is 0.200 e. The maximum absolute atomic E-state index is 12.8. The predicted molar refractivity (Wildman–Crippen MR) is 52.8 cm³/mol. The highest BCUT2D eigenvalue weighted by Gasteiger charge is 2.20. The molecule has 0 bridgehead atoms. The summed E-state index contributed by atoms with van der Waals surface area (Å²) < 4.78 is 25.5. The molecule has 0 fully saturated rings. The number of alkyl halides is 1. The van der Waals surface area contributed by atoms with Crippen LogP contribution in [0.5, 0.6) is 5.75 Å². The molecule has 0 heterocycles. The highest BCUT2D eigenvalue weighted by molar-refractivity contribution is 9.09. The molecule has 1 rings (SSSR count). The Bertz CT molecular complexity index is 336. The molecule has 0 aromatic heterocycles. The van der Waals surface area contributed by atoms with Crippen LogP contribution in [0.25, 0.3) is 0 Å². The van der Waals surface area contributed by atoms with Gasteiger partial charge in [0.1, 0.15) is 6.10 Å². The Balaban J connectivity index is 3.06. The first-order chi connectivity index (χ1) is 6.97. The van der Waals surface area contributed by atoms with E-state index in [0.29, 0.717) is 0 Å². The maximum atomic E-state index is 12.8. The van der Waals surface area contributed by atoms with Gasteiger partial charge < -0.3 is 15.3 Å². The van der Waals surface area contributed by atoms with E-state index in [1.165, 1.54) is 0 Å². The highest BCUT2D eigenvalue weighted by Crippen LogP contribution is 2.26. The van der Waals surface area contributed by atoms with E-state index < -0.39 is 29.6 Å². The fraction of sp³-hybridized carbons (Fsp3) is 0.333. The van der Waals surface area contributed by atoms with Gasteiger partial charge in [-0.3, -0.25) is 0 Å². The number of hydrogen-bond acceptors (Lipinski definition) is 3. The second-order valence-electron chi connectivity index (χ2n) is 3.00. The van der Waals surface area contributed by atoms with E-state index in [1.54, 1.807) is 0 Å². The molecule has 15 heavy (non-hydrogen) atoms. The first kappa shape index (κ1) is 12.4. The van der Waals surface area contributed by atoms with Gasteiger partial charge in [0.05, 0.1) is 6.10 Å². The van der Waals surface area contributed by atoms with Crippen molar-refractivity contribution in [3.05, 3.63) is 29.3 Å². The molecule has 2 unspecified atom stereocenters. The summed E-state index contributed by atoms with van der Waals surface area (Å²) in [5.74, 6) is -3.55. The number of aromatic hydroxyl groups is 1. The lowest BCUT2D eigenvalue weighted by Crippen LogP contribution is -2.19. The first-order valence-electron chi connectivity index (χ1n) is 4.07. The zero-order chi connectivity index (χ0) is 11.6. The van der Waals surface area contributed by atoms with E-state index in [9.17, 15) is 19.0 Å². The van der Waals surface area contributed by atoms with Gasteiger partial charge >= 0.3 is 0 Å². The summed E-state index contributed by atoms with van der Waals surface area (Å²) in [6, 6.07) is 1.60. The molecular formula is C9H9BrF2O3. The third-order valence-corrected chi connectivity index (χ3v) is 2.56. The van der Waals surface area contributed by atoms with E-state index >= 15 is 0 Å². The van der Waals surface area contributed by atoms with Crippen LogP contribution in [0.3, 0.4) is 0 Å². The van der Waals surface area contributed by atoms with Crippen LogP contribution in [0.15, 0.2) is 12.1 Å². The highest BCUT2D eigenvalue weighted by atomic mass is 79.9. The zero-order valence-corrected chi connectivity index (χ0v) is 9.08. The quantitative estimate of drug-likeness (QED) is 0.736. The molecule has 0 radical (unpaired) electrons. The van der Waals surface area contributed by atoms with Crippen molar-refractivity contribution in [1.29, 1.82) is 0 Å². The van der Waals surface area contributed by atoms with Crippen LogP contribution in [-0.2, 0) is 0 Å². The van der Waals surface area contributed by atoms with Crippen LogP contribution in [0, 0.1) is 11.6 Å². The minimum Gasteiger partial charge on any atom is -0.505 e. The average molecular weight is 283 g/mol. The second-order valence-corrected chi connectivity index (χ2v) is 3.65. The molecule has 0 saturated heterocycles. The summed E-state index contributed by atoms with van der Waals surface area (Å²) in [6.07, 6.45) is -2.54. The number of aliphatic hydroxyl groups excluding tert-OH is 2. The lowest BCUT2D eigenvalue weighted by atomic mass is 10.0. The Kier molecular flexibility index (Phi) is 4.01. The lowest BCUT2D eigenvalue weighted by molar-refractivity contribution is 0.0339. The molecule has 0 amide bonds. The van der Waals surface area contributed by atoms with Crippen LogP contribution >= 0.6 is 15.9 Å². The summed E-state index contributed by atoms with van der Waals surface area (Å²) in [5.41, 5.74) is -0.0849. The number of phenolic OH excluding ortho intramolecular Hbond substituents is 1. The molecular weight excluding hydrogens is 274 g/mol. The number of aliphatic hydroxyl groups is 2. The predicted octanol–water partition coefficient (Wildman–Crippen LogP) is 1.46. The summed E-state index contributed by atoms with van der Waals surface area (Å²) in [7, 11) is 0. The molecule has 0 aliphatic rings. The Labute approximate surface area is 93.1 Å². The number of rotatable bonds is 3. The van der Waals surface area contributed by atoms with Crippen LogP contribution in [0.1, 0.15) is 11.7 Å². The van der Waals surface area contributed by atoms with Crippen molar-refractivity contribution in [2.75, 3.05) is 5.33 Å². The molecule has 3 nitrogen and oxygen atoms in total. The number of hydrogen-bond donors (Lipinski definition) is 3. The summed E-state index contributed by atoms with van der Waals surface area (Å²) in [4.78, 5) is 0. The van der Waals surface area contributed by atoms with E-state index in [0.717, 1.165) is 12.1 Å². The SMILES string of the molecule is Oc1cc(C(O)C(O)CBr)cc(F)c1F. The average Bonchev–Trinajstić information content (AvgIpc) is 2.23. The van der Waals surface area contributed by atoms with E-state index in [1.807, 2.05) is 0 Å². The minimum atomic E-state index is -1.38. The van der Waals surface area contributed by atoms with Gasteiger partial charge in [0.15, 0.2) is 17.4 Å². The standard InChI is InChI=1S/C9H9BrF2O3/c10-3-7(14)9(15)4-1-5(11)8(12)6(13)2-4/h1-2,7,9,13-15H,3H2. The molecule has 2 atom stereocenters. The minimum absolute atomic E-state index is 0.0773. The molecule has 1 aromatic rings. The molecule has 0 aliphatic carbocycles. The largest absolute Gasteiger partial charge is 0.505 e. The molecule has 84 valence electrons. The first-order valence-corrected chi connectivity index (χ1v) is 5.19. The van der Waals surface area contributed by atoms with Crippen molar-refractivity contribution in [3.8, 4) is 5.75 Å². The molecule has 0 spiro atoms. The Morgan fingerprint density at radius 1 is 1.27 bits per heavy atom. The van der Waals surface area contributed by atoms with Crippen molar-refractivity contribution in [2.24, 2.45) is 0 Å². The third-order valence-electron chi connectivity index (χ3n) is 1.90. The number of halogens is 3. The molecule has 0 saturated carbocycles. The Morgan fingerprint density at radius 3 is 2.33 bits per heavy atom. The molecule has 6 heteroatoms. The van der Waals surface area contributed by atoms with Gasteiger partial charge in [0.25, 0.3) is 0 Å². The van der Waals surface area contributed by atoms with E-state index in [-0.39, 0.29) is 10.9 Å². The van der Waals surface area contributed by atoms with Crippen molar-refractivity contribution in [1.82, 2.24) is 0 Å². The van der Waals surface area contributed by atoms with Gasteiger partial charge in [-0.25, -0.2) is 4.39 Å². The van der Waals surface area contributed by atoms with Crippen molar-refractivity contribution in [3.63, 3.8) is 0 Å². The Hall–Kier alpha value is -0.720. The second kappa shape index (κ2) is 4.87. The summed E-state index contributed by atoms with van der Waals surface area (Å²) in [5, 5.41) is 27.7.